The van der Waals surface area contributed by atoms with Crippen LogP contribution < -0.4 is 11.1 Å². The van der Waals surface area contributed by atoms with Gasteiger partial charge in [-0.05, 0) is 75.0 Å². The molecule has 4 heteroatoms. The third-order valence-electron chi connectivity index (χ3n) is 6.96. The zero-order chi connectivity index (χ0) is 18.1. The Hall–Kier alpha value is -1.55. The molecule has 2 saturated carbocycles. The van der Waals surface area contributed by atoms with Crippen LogP contribution in [0.5, 0.6) is 0 Å². The molecule has 0 aromatic heterocycles. The summed E-state index contributed by atoms with van der Waals surface area (Å²) in [5.74, 6) is 1.79. The van der Waals surface area contributed by atoms with Crippen LogP contribution in [0.25, 0.3) is 0 Å². The first-order chi connectivity index (χ1) is 12.6. The number of hydrogen-bond acceptors (Lipinski definition) is 3. The predicted octanol–water partition coefficient (Wildman–Crippen LogP) is 3.55. The van der Waals surface area contributed by atoms with Crippen LogP contribution in [0.4, 0.5) is 5.69 Å². The molecule has 4 nitrogen and oxygen atoms in total. The maximum Gasteiger partial charge on any atom is 0.225 e. The number of aryl methyl sites for hydroxylation is 1. The second kappa shape index (κ2) is 7.59. The van der Waals surface area contributed by atoms with Crippen molar-refractivity contribution in [3.05, 3.63) is 29.8 Å². The van der Waals surface area contributed by atoms with Crippen LogP contribution in [-0.2, 0) is 4.79 Å². The predicted molar refractivity (Wildman–Crippen MR) is 106 cm³/mol. The van der Waals surface area contributed by atoms with Gasteiger partial charge >= 0.3 is 0 Å². The number of likely N-dealkylation sites (tertiary alicyclic amines) is 1. The number of piperidine rings is 1. The van der Waals surface area contributed by atoms with Crippen molar-refractivity contribution in [2.45, 2.75) is 64.0 Å². The standard InChI is InChI=1S/C22H33N3O/c1-15-4-2-7-20(12-15)24-19-8-10-25(11-9-19)22(26)18-13-16-5-3-6-17(14-18)21(16)23/h2,4,7,12,16-19,21,24H,3,5-6,8-11,13-14,23H2,1H3. The van der Waals surface area contributed by atoms with Crippen molar-refractivity contribution in [1.82, 2.24) is 4.90 Å². The number of carbonyl (C=O) groups is 1. The first-order valence-electron chi connectivity index (χ1n) is 10.5. The molecule has 4 rings (SSSR count). The highest BCUT2D eigenvalue weighted by atomic mass is 16.2. The Labute approximate surface area is 157 Å². The Morgan fingerprint density at radius 2 is 1.81 bits per heavy atom. The number of nitrogens with zero attached hydrogens (tertiary/aromatic N) is 1. The molecular formula is C22H33N3O. The molecule has 1 aliphatic heterocycles. The van der Waals surface area contributed by atoms with E-state index in [2.05, 4.69) is 41.4 Å². The Bertz CT molecular complexity index is 624. The van der Waals surface area contributed by atoms with Gasteiger partial charge in [0.25, 0.3) is 0 Å². The van der Waals surface area contributed by atoms with Gasteiger partial charge in [-0.25, -0.2) is 0 Å². The lowest BCUT2D eigenvalue weighted by molar-refractivity contribution is -0.139. The van der Waals surface area contributed by atoms with Gasteiger partial charge in [-0.1, -0.05) is 18.6 Å². The summed E-state index contributed by atoms with van der Waals surface area (Å²) in [6.07, 6.45) is 7.89. The number of nitrogens with two attached hydrogens (primary N) is 1. The van der Waals surface area contributed by atoms with Gasteiger partial charge in [0.05, 0.1) is 0 Å². The normalized spacial score (nSPS) is 32.3. The van der Waals surface area contributed by atoms with Crippen molar-refractivity contribution in [1.29, 1.82) is 0 Å². The molecule has 0 radical (unpaired) electrons. The van der Waals surface area contributed by atoms with Crippen molar-refractivity contribution in [2.75, 3.05) is 18.4 Å². The molecule has 1 aromatic rings. The van der Waals surface area contributed by atoms with E-state index in [-0.39, 0.29) is 5.92 Å². The van der Waals surface area contributed by atoms with Crippen molar-refractivity contribution < 1.29 is 4.79 Å². The summed E-state index contributed by atoms with van der Waals surface area (Å²) in [5.41, 5.74) is 8.87. The first-order valence-corrected chi connectivity index (χ1v) is 10.5. The largest absolute Gasteiger partial charge is 0.382 e. The summed E-state index contributed by atoms with van der Waals surface area (Å²) in [5, 5.41) is 3.64. The summed E-state index contributed by atoms with van der Waals surface area (Å²) < 4.78 is 0. The third kappa shape index (κ3) is 3.75. The van der Waals surface area contributed by atoms with Crippen LogP contribution in [0.3, 0.4) is 0 Å². The van der Waals surface area contributed by atoms with Gasteiger partial charge < -0.3 is 16.0 Å². The van der Waals surface area contributed by atoms with E-state index in [1.54, 1.807) is 0 Å². The molecule has 2 unspecified atom stereocenters. The van der Waals surface area contributed by atoms with Gasteiger partial charge in [-0.3, -0.25) is 4.79 Å². The number of hydrogen-bond donors (Lipinski definition) is 2. The minimum absolute atomic E-state index is 0.228. The molecular weight excluding hydrogens is 322 g/mol. The zero-order valence-corrected chi connectivity index (χ0v) is 16.0. The molecule has 2 aliphatic carbocycles. The highest BCUT2D eigenvalue weighted by Gasteiger charge is 2.41. The van der Waals surface area contributed by atoms with Gasteiger partial charge in [-0.2, -0.15) is 0 Å². The second-order valence-electron chi connectivity index (χ2n) is 8.81. The SMILES string of the molecule is Cc1cccc(NC2CCN(C(=O)C3CC4CCCC(C3)C4N)CC2)c1. The van der Waals surface area contributed by atoms with Crippen molar-refractivity contribution in [3.63, 3.8) is 0 Å². The highest BCUT2D eigenvalue weighted by molar-refractivity contribution is 5.79. The summed E-state index contributed by atoms with van der Waals surface area (Å²) in [7, 11) is 0. The van der Waals surface area contributed by atoms with Gasteiger partial charge in [-0.15, -0.1) is 0 Å². The van der Waals surface area contributed by atoms with Crippen LogP contribution >= 0.6 is 0 Å². The van der Waals surface area contributed by atoms with Gasteiger partial charge in [0.15, 0.2) is 0 Å². The second-order valence-corrected chi connectivity index (χ2v) is 8.81. The average molecular weight is 356 g/mol. The van der Waals surface area contributed by atoms with Crippen LogP contribution in [0, 0.1) is 24.7 Å². The molecule has 2 atom stereocenters. The van der Waals surface area contributed by atoms with E-state index < -0.39 is 0 Å². The number of fused-ring (bicyclic) bond motifs is 2. The Kier molecular flexibility index (Phi) is 5.21. The maximum absolute atomic E-state index is 13.1. The molecule has 1 heterocycles. The van der Waals surface area contributed by atoms with Crippen LogP contribution in [0.15, 0.2) is 24.3 Å². The summed E-state index contributed by atoms with van der Waals surface area (Å²) in [6, 6.07) is 9.37. The third-order valence-corrected chi connectivity index (χ3v) is 6.96. The molecule has 26 heavy (non-hydrogen) atoms. The molecule has 3 N–H and O–H groups in total. The molecule has 1 amide bonds. The topological polar surface area (TPSA) is 58.4 Å². The lowest BCUT2D eigenvalue weighted by atomic mass is 9.65. The zero-order valence-electron chi connectivity index (χ0n) is 16.0. The summed E-state index contributed by atoms with van der Waals surface area (Å²) in [4.78, 5) is 15.2. The summed E-state index contributed by atoms with van der Waals surface area (Å²) in [6.45, 7) is 3.90. The van der Waals surface area contributed by atoms with Crippen molar-refractivity contribution >= 4 is 11.6 Å². The molecule has 0 spiro atoms. The van der Waals surface area contributed by atoms with E-state index in [0.29, 0.717) is 29.8 Å². The van der Waals surface area contributed by atoms with E-state index >= 15 is 0 Å². The minimum Gasteiger partial charge on any atom is -0.382 e. The fourth-order valence-electron chi connectivity index (χ4n) is 5.46. The Balaban J connectivity index is 1.30. The monoisotopic (exact) mass is 355 g/mol. The van der Waals surface area contributed by atoms with Gasteiger partial charge in [0.2, 0.25) is 5.91 Å². The Morgan fingerprint density at radius 3 is 2.46 bits per heavy atom. The smallest absolute Gasteiger partial charge is 0.225 e. The number of nitrogens with one attached hydrogen (secondary N) is 1. The highest BCUT2D eigenvalue weighted by Crippen LogP contribution is 2.42. The quantitative estimate of drug-likeness (QED) is 0.872. The van der Waals surface area contributed by atoms with E-state index in [9.17, 15) is 4.79 Å². The molecule has 3 aliphatic rings. The van der Waals surface area contributed by atoms with Crippen LogP contribution in [0.1, 0.15) is 50.5 Å². The fraction of sp³-hybridized carbons (Fsp3) is 0.682. The minimum atomic E-state index is 0.228. The number of amides is 1. The summed E-state index contributed by atoms with van der Waals surface area (Å²) >= 11 is 0. The number of carbonyl (C=O) groups excluding carboxylic acids is 1. The van der Waals surface area contributed by atoms with Crippen LogP contribution in [0.2, 0.25) is 0 Å². The van der Waals surface area contributed by atoms with E-state index in [4.69, 9.17) is 5.73 Å². The first kappa shape index (κ1) is 17.8. The number of anilines is 1. The van der Waals surface area contributed by atoms with E-state index in [0.717, 1.165) is 38.8 Å². The lowest BCUT2D eigenvalue weighted by Crippen LogP contribution is -2.51. The van der Waals surface area contributed by atoms with Gasteiger partial charge in [0, 0.05) is 36.8 Å². The number of benzene rings is 1. The number of rotatable bonds is 3. The molecule has 1 aromatic carbocycles. The molecule has 142 valence electrons. The average Bonchev–Trinajstić information content (AvgIpc) is 2.62. The lowest BCUT2D eigenvalue weighted by Gasteiger charge is -2.45. The Morgan fingerprint density at radius 1 is 1.12 bits per heavy atom. The van der Waals surface area contributed by atoms with E-state index in [1.807, 2.05) is 0 Å². The molecule has 1 saturated heterocycles. The van der Waals surface area contributed by atoms with Crippen LogP contribution in [-0.4, -0.2) is 36.0 Å². The van der Waals surface area contributed by atoms with Crippen molar-refractivity contribution in [3.8, 4) is 0 Å². The molecule has 2 bridgehead atoms. The molecule has 3 fully saturated rings. The van der Waals surface area contributed by atoms with Crippen molar-refractivity contribution in [2.24, 2.45) is 23.5 Å². The maximum atomic E-state index is 13.1. The fourth-order valence-corrected chi connectivity index (χ4v) is 5.46. The van der Waals surface area contributed by atoms with E-state index in [1.165, 1.54) is 30.5 Å². The van der Waals surface area contributed by atoms with Gasteiger partial charge in [0.1, 0.15) is 0 Å².